The van der Waals surface area contributed by atoms with Crippen LogP contribution in [0.2, 0.25) is 0 Å². The Morgan fingerprint density at radius 2 is 2.25 bits per heavy atom. The zero-order chi connectivity index (χ0) is 15.3. The van der Waals surface area contributed by atoms with Gasteiger partial charge in [-0.2, -0.15) is 0 Å². The lowest BCUT2D eigenvalue weighted by Crippen LogP contribution is -2.23. The molecule has 0 aliphatic carbocycles. The maximum atomic E-state index is 13.6. The van der Waals surface area contributed by atoms with Crippen LogP contribution in [0.25, 0.3) is 0 Å². The molecule has 0 radical (unpaired) electrons. The van der Waals surface area contributed by atoms with Crippen molar-refractivity contribution in [3.05, 3.63) is 33.6 Å². The van der Waals surface area contributed by atoms with Crippen LogP contribution in [0.15, 0.2) is 12.1 Å². The molecule has 0 aliphatic heterocycles. The molecule has 1 unspecified atom stereocenters. The minimum absolute atomic E-state index is 0.0438. The van der Waals surface area contributed by atoms with Crippen molar-refractivity contribution in [1.29, 1.82) is 0 Å². The van der Waals surface area contributed by atoms with Crippen LogP contribution in [-0.2, 0) is 4.74 Å². The number of benzene rings is 1. The molecule has 20 heavy (non-hydrogen) atoms. The van der Waals surface area contributed by atoms with Gasteiger partial charge in [0.15, 0.2) is 0 Å². The van der Waals surface area contributed by atoms with Crippen molar-refractivity contribution < 1.29 is 24.0 Å². The van der Waals surface area contributed by atoms with Gasteiger partial charge in [-0.15, -0.1) is 0 Å². The van der Waals surface area contributed by atoms with E-state index in [-0.39, 0.29) is 12.3 Å². The number of aliphatic hydroxyl groups is 1. The summed E-state index contributed by atoms with van der Waals surface area (Å²) < 4.78 is 18.1. The average molecular weight is 286 g/mol. The van der Waals surface area contributed by atoms with Gasteiger partial charge in [0.1, 0.15) is 11.5 Å². The van der Waals surface area contributed by atoms with Crippen LogP contribution in [0.3, 0.4) is 0 Å². The molecule has 0 fully saturated rings. The standard InChI is InChI=1S/C12H15FN2O5/c1-3-7(6-16)14-10-4-8(12(17)20-2)9(13)5-11(10)15(18)19/h4-5,7,14,16H,3,6H2,1-2H3. The Morgan fingerprint density at radius 1 is 1.60 bits per heavy atom. The minimum atomic E-state index is -1.04. The smallest absolute Gasteiger partial charge is 0.340 e. The summed E-state index contributed by atoms with van der Waals surface area (Å²) in [6, 6.07) is 1.22. The van der Waals surface area contributed by atoms with E-state index < -0.39 is 34.0 Å². The van der Waals surface area contributed by atoms with Gasteiger partial charge in [-0.25, -0.2) is 9.18 Å². The fourth-order valence-corrected chi connectivity index (χ4v) is 1.59. The number of nitrogens with one attached hydrogen (secondary N) is 1. The zero-order valence-electron chi connectivity index (χ0n) is 11.1. The summed E-state index contributed by atoms with van der Waals surface area (Å²) in [6.45, 7) is 1.52. The molecule has 110 valence electrons. The quantitative estimate of drug-likeness (QED) is 0.469. The Balaban J connectivity index is 3.30. The van der Waals surface area contributed by atoms with Crippen molar-refractivity contribution in [2.45, 2.75) is 19.4 Å². The highest BCUT2D eigenvalue weighted by atomic mass is 19.1. The van der Waals surface area contributed by atoms with Gasteiger partial charge >= 0.3 is 5.97 Å². The third-order valence-corrected chi connectivity index (χ3v) is 2.76. The Hall–Kier alpha value is -2.22. The minimum Gasteiger partial charge on any atom is -0.465 e. The van der Waals surface area contributed by atoms with Gasteiger partial charge in [0.05, 0.1) is 30.3 Å². The molecule has 1 aromatic carbocycles. The third-order valence-electron chi connectivity index (χ3n) is 2.76. The van der Waals surface area contributed by atoms with Crippen molar-refractivity contribution in [1.82, 2.24) is 0 Å². The normalized spacial score (nSPS) is 11.8. The van der Waals surface area contributed by atoms with Gasteiger partial charge in [0.2, 0.25) is 0 Å². The first-order valence-corrected chi connectivity index (χ1v) is 5.88. The highest BCUT2D eigenvalue weighted by Gasteiger charge is 2.23. The highest BCUT2D eigenvalue weighted by Crippen LogP contribution is 2.29. The summed E-state index contributed by atoms with van der Waals surface area (Å²) in [5.41, 5.74) is -0.965. The zero-order valence-corrected chi connectivity index (χ0v) is 11.1. The Bertz CT molecular complexity index is 517. The summed E-state index contributed by atoms with van der Waals surface area (Å²) in [4.78, 5) is 21.5. The third kappa shape index (κ3) is 3.41. The van der Waals surface area contributed by atoms with Crippen LogP contribution in [0.4, 0.5) is 15.8 Å². The van der Waals surface area contributed by atoms with E-state index in [1.54, 1.807) is 6.92 Å². The number of ether oxygens (including phenoxy) is 1. The Labute approximate surface area is 114 Å². The second kappa shape index (κ2) is 6.80. The summed E-state index contributed by atoms with van der Waals surface area (Å²) in [6.07, 6.45) is 0.499. The molecule has 0 saturated heterocycles. The number of nitrogens with zero attached hydrogens (tertiary/aromatic N) is 1. The Morgan fingerprint density at radius 3 is 2.70 bits per heavy atom. The number of carbonyl (C=O) groups excluding carboxylic acids is 1. The lowest BCUT2D eigenvalue weighted by molar-refractivity contribution is -0.384. The van der Waals surface area contributed by atoms with E-state index in [1.807, 2.05) is 0 Å². The van der Waals surface area contributed by atoms with Crippen molar-refractivity contribution in [2.75, 3.05) is 19.0 Å². The summed E-state index contributed by atoms with van der Waals surface area (Å²) >= 11 is 0. The molecule has 0 bridgehead atoms. The first-order chi connectivity index (χ1) is 9.44. The molecule has 0 amide bonds. The van der Waals surface area contributed by atoms with Crippen LogP contribution in [0.5, 0.6) is 0 Å². The number of nitro groups is 1. The average Bonchev–Trinajstić information content (AvgIpc) is 2.44. The number of rotatable bonds is 6. The van der Waals surface area contributed by atoms with Gasteiger partial charge in [0, 0.05) is 6.04 Å². The molecule has 1 atom stereocenters. The van der Waals surface area contributed by atoms with Crippen LogP contribution in [0, 0.1) is 15.9 Å². The fourth-order valence-electron chi connectivity index (χ4n) is 1.59. The fraction of sp³-hybridized carbons (Fsp3) is 0.417. The molecule has 2 N–H and O–H groups in total. The lowest BCUT2D eigenvalue weighted by atomic mass is 10.1. The maximum Gasteiger partial charge on any atom is 0.340 e. The maximum absolute atomic E-state index is 13.6. The number of nitro benzene ring substituents is 1. The van der Waals surface area contributed by atoms with Crippen molar-refractivity contribution in [3.8, 4) is 0 Å². The van der Waals surface area contributed by atoms with Gasteiger partial charge < -0.3 is 15.2 Å². The van der Waals surface area contributed by atoms with E-state index in [0.717, 1.165) is 13.2 Å². The number of carbonyl (C=O) groups is 1. The Kier molecular flexibility index (Phi) is 5.39. The number of esters is 1. The summed E-state index contributed by atoms with van der Waals surface area (Å²) in [7, 11) is 1.08. The first-order valence-electron chi connectivity index (χ1n) is 5.88. The molecule has 0 aliphatic rings. The monoisotopic (exact) mass is 286 g/mol. The van der Waals surface area contributed by atoms with Crippen molar-refractivity contribution >= 4 is 17.3 Å². The molecule has 0 saturated carbocycles. The molecule has 7 nitrogen and oxygen atoms in total. The second-order valence-electron chi connectivity index (χ2n) is 4.03. The van der Waals surface area contributed by atoms with Crippen LogP contribution in [0.1, 0.15) is 23.7 Å². The van der Waals surface area contributed by atoms with E-state index in [2.05, 4.69) is 10.1 Å². The first kappa shape index (κ1) is 15.8. The molecule has 8 heteroatoms. The molecule has 0 heterocycles. The molecule has 0 spiro atoms. The molecule has 1 rings (SSSR count). The van der Waals surface area contributed by atoms with Gasteiger partial charge in [0.25, 0.3) is 5.69 Å². The van der Waals surface area contributed by atoms with Crippen LogP contribution >= 0.6 is 0 Å². The van der Waals surface area contributed by atoms with Crippen molar-refractivity contribution in [2.24, 2.45) is 0 Å². The molecule has 1 aromatic rings. The number of halogens is 1. The largest absolute Gasteiger partial charge is 0.465 e. The number of aliphatic hydroxyl groups excluding tert-OH is 1. The van der Waals surface area contributed by atoms with Gasteiger partial charge in [-0.3, -0.25) is 10.1 Å². The second-order valence-corrected chi connectivity index (χ2v) is 4.03. The van der Waals surface area contributed by atoms with E-state index in [4.69, 9.17) is 5.11 Å². The van der Waals surface area contributed by atoms with E-state index >= 15 is 0 Å². The van der Waals surface area contributed by atoms with E-state index in [0.29, 0.717) is 12.5 Å². The van der Waals surface area contributed by atoms with Gasteiger partial charge in [-0.1, -0.05) is 6.92 Å². The number of hydrogen-bond donors (Lipinski definition) is 2. The lowest BCUT2D eigenvalue weighted by Gasteiger charge is -2.16. The summed E-state index contributed by atoms with van der Waals surface area (Å²) in [5.74, 6) is -1.97. The highest BCUT2D eigenvalue weighted by molar-refractivity contribution is 5.92. The number of anilines is 1. The number of hydrogen-bond acceptors (Lipinski definition) is 6. The van der Waals surface area contributed by atoms with E-state index in [9.17, 15) is 19.3 Å². The number of methoxy groups -OCH3 is 1. The molecular formula is C12H15FN2O5. The molecule has 0 aromatic heterocycles. The van der Waals surface area contributed by atoms with Crippen molar-refractivity contribution in [3.63, 3.8) is 0 Å². The molecular weight excluding hydrogens is 271 g/mol. The SMILES string of the molecule is CCC(CO)Nc1cc(C(=O)OC)c(F)cc1[N+](=O)[O-]. The van der Waals surface area contributed by atoms with E-state index in [1.165, 1.54) is 0 Å². The summed E-state index contributed by atoms with van der Waals surface area (Å²) in [5, 5.41) is 22.7. The van der Waals surface area contributed by atoms with Gasteiger partial charge in [-0.05, 0) is 12.5 Å². The van der Waals surface area contributed by atoms with Crippen LogP contribution in [-0.4, -0.2) is 35.8 Å². The predicted molar refractivity (Wildman–Crippen MR) is 69.2 cm³/mol. The predicted octanol–water partition coefficient (Wildman–Crippen LogP) is 1.70. The van der Waals surface area contributed by atoms with Crippen LogP contribution < -0.4 is 5.32 Å². The topological polar surface area (TPSA) is 102 Å².